The molecule has 0 aromatic rings. The fraction of sp³-hybridized carbons (Fsp3) is 0.831. The van der Waals surface area contributed by atoms with Gasteiger partial charge < -0.3 is 39.0 Å². The van der Waals surface area contributed by atoms with E-state index in [0.29, 0.717) is 19.3 Å². The van der Waals surface area contributed by atoms with Gasteiger partial charge in [0.2, 0.25) is 0 Å². The standard InChI is InChI=1S/C59H104O12/c1-4-7-10-13-16-19-21-23-24-25-26-27-28-30-31-34-36-39-42-45-51(60)67-48-50(69-52(61)46-43-40-38-35-32-29-22-20-17-14-11-8-5-2)49-68-59-57(55(64)54(63)56(71-59)58(65)66)70-53(62)47-44-41-37-33-18-15-12-9-6-3/h16,19-20,22-24,50,54-57,59,63-64H,4-15,17-18,21,25-49H2,1-3H3,(H,65,66)/b19-16-,22-20-,24-23-. The minimum absolute atomic E-state index is 0.0624. The van der Waals surface area contributed by atoms with Gasteiger partial charge in [0.1, 0.15) is 18.8 Å². The first-order valence-corrected chi connectivity index (χ1v) is 29.0. The Labute approximate surface area is 431 Å². The highest BCUT2D eigenvalue weighted by molar-refractivity contribution is 5.74. The maximum absolute atomic E-state index is 13.1. The molecular weight excluding hydrogens is 901 g/mol. The maximum Gasteiger partial charge on any atom is 0.335 e. The zero-order valence-electron chi connectivity index (χ0n) is 45.2. The lowest BCUT2D eigenvalue weighted by Gasteiger charge is -2.40. The molecule has 12 heteroatoms. The highest BCUT2D eigenvalue weighted by Gasteiger charge is 2.50. The third-order valence-corrected chi connectivity index (χ3v) is 13.2. The number of aliphatic hydroxyl groups excluding tert-OH is 2. The van der Waals surface area contributed by atoms with Crippen molar-refractivity contribution in [2.24, 2.45) is 0 Å². The quantitative estimate of drug-likeness (QED) is 0.0228. The van der Waals surface area contributed by atoms with Crippen LogP contribution in [-0.2, 0) is 42.9 Å². The number of allylic oxidation sites excluding steroid dienone is 6. The summed E-state index contributed by atoms with van der Waals surface area (Å²) in [6.45, 7) is 5.92. The van der Waals surface area contributed by atoms with Gasteiger partial charge in [-0.1, -0.05) is 205 Å². The van der Waals surface area contributed by atoms with Crippen molar-refractivity contribution in [2.45, 2.75) is 302 Å². The molecular formula is C59H104O12. The van der Waals surface area contributed by atoms with Crippen LogP contribution in [0.1, 0.15) is 265 Å². The summed E-state index contributed by atoms with van der Waals surface area (Å²) in [5, 5.41) is 31.3. The molecule has 3 N–H and O–H groups in total. The molecule has 0 saturated carbocycles. The zero-order chi connectivity index (χ0) is 51.8. The van der Waals surface area contributed by atoms with Gasteiger partial charge in [-0.25, -0.2) is 4.79 Å². The lowest BCUT2D eigenvalue weighted by atomic mass is 9.98. The molecule has 0 amide bonds. The number of carboxylic acid groups (broad SMARTS) is 1. The van der Waals surface area contributed by atoms with Crippen LogP contribution in [0.5, 0.6) is 0 Å². The molecule has 0 bridgehead atoms. The van der Waals surface area contributed by atoms with Crippen molar-refractivity contribution in [1.29, 1.82) is 0 Å². The molecule has 0 aromatic carbocycles. The van der Waals surface area contributed by atoms with Crippen molar-refractivity contribution >= 4 is 23.9 Å². The second kappa shape index (κ2) is 47.9. The number of rotatable bonds is 49. The Morgan fingerprint density at radius 1 is 0.465 bits per heavy atom. The maximum atomic E-state index is 13.1. The molecule has 1 saturated heterocycles. The van der Waals surface area contributed by atoms with E-state index in [9.17, 15) is 34.5 Å². The monoisotopic (exact) mass is 1000 g/mol. The summed E-state index contributed by atoms with van der Waals surface area (Å²) in [6, 6.07) is 0. The summed E-state index contributed by atoms with van der Waals surface area (Å²) in [6.07, 6.45) is 42.8. The lowest BCUT2D eigenvalue weighted by Crippen LogP contribution is -2.61. The smallest absolute Gasteiger partial charge is 0.335 e. The highest BCUT2D eigenvalue weighted by Crippen LogP contribution is 2.26. The van der Waals surface area contributed by atoms with Crippen molar-refractivity contribution in [3.8, 4) is 0 Å². The van der Waals surface area contributed by atoms with Crippen LogP contribution < -0.4 is 0 Å². The summed E-state index contributed by atoms with van der Waals surface area (Å²) in [4.78, 5) is 50.9. The van der Waals surface area contributed by atoms with Crippen molar-refractivity contribution < 1.29 is 58.2 Å². The van der Waals surface area contributed by atoms with Crippen molar-refractivity contribution in [3.63, 3.8) is 0 Å². The molecule has 1 aliphatic heterocycles. The van der Waals surface area contributed by atoms with Crippen molar-refractivity contribution in [3.05, 3.63) is 36.5 Å². The van der Waals surface area contributed by atoms with Crippen LogP contribution in [0, 0.1) is 0 Å². The third kappa shape index (κ3) is 38.2. The number of carboxylic acids is 1. The number of carbonyl (C=O) groups is 4. The van der Waals surface area contributed by atoms with E-state index in [1.165, 1.54) is 109 Å². The van der Waals surface area contributed by atoms with Crippen LogP contribution in [-0.4, -0.2) is 89.2 Å². The van der Waals surface area contributed by atoms with Crippen molar-refractivity contribution in [1.82, 2.24) is 0 Å². The van der Waals surface area contributed by atoms with Gasteiger partial charge in [-0.2, -0.15) is 0 Å². The van der Waals surface area contributed by atoms with Gasteiger partial charge in [0.25, 0.3) is 0 Å². The molecule has 1 rings (SSSR count). The van der Waals surface area contributed by atoms with E-state index in [0.717, 1.165) is 96.3 Å². The van der Waals surface area contributed by atoms with E-state index in [1.807, 2.05) is 0 Å². The Morgan fingerprint density at radius 2 is 0.845 bits per heavy atom. The van der Waals surface area contributed by atoms with E-state index in [2.05, 4.69) is 57.2 Å². The fourth-order valence-electron chi connectivity index (χ4n) is 8.69. The minimum Gasteiger partial charge on any atom is -0.479 e. The Hall–Kier alpha value is -3.06. The zero-order valence-corrected chi connectivity index (χ0v) is 45.2. The lowest BCUT2D eigenvalue weighted by molar-refractivity contribution is -0.301. The second-order valence-corrected chi connectivity index (χ2v) is 19.9. The number of carbonyl (C=O) groups excluding carboxylic acids is 3. The Kier molecular flexibility index (Phi) is 44.5. The molecule has 6 unspecified atom stereocenters. The summed E-state index contributed by atoms with van der Waals surface area (Å²) in [7, 11) is 0. The van der Waals surface area contributed by atoms with Crippen LogP contribution in [0.3, 0.4) is 0 Å². The molecule has 0 spiro atoms. The molecule has 12 nitrogen and oxygen atoms in total. The van der Waals surface area contributed by atoms with Crippen LogP contribution in [0.4, 0.5) is 0 Å². The average molecular weight is 1010 g/mol. The molecule has 412 valence electrons. The summed E-state index contributed by atoms with van der Waals surface area (Å²) < 4.78 is 28.3. The number of aliphatic hydroxyl groups is 2. The number of esters is 3. The molecule has 6 atom stereocenters. The minimum atomic E-state index is -1.90. The van der Waals surface area contributed by atoms with E-state index in [-0.39, 0.29) is 25.9 Å². The molecule has 1 heterocycles. The predicted octanol–water partition coefficient (Wildman–Crippen LogP) is 14.5. The van der Waals surface area contributed by atoms with Gasteiger partial charge in [-0.3, -0.25) is 14.4 Å². The first-order valence-electron chi connectivity index (χ1n) is 29.0. The molecule has 0 radical (unpaired) electrons. The molecule has 1 aliphatic rings. The van der Waals surface area contributed by atoms with Gasteiger partial charge in [0, 0.05) is 19.3 Å². The van der Waals surface area contributed by atoms with Crippen LogP contribution in [0.15, 0.2) is 36.5 Å². The van der Waals surface area contributed by atoms with Gasteiger partial charge in [0.15, 0.2) is 24.6 Å². The topological polar surface area (TPSA) is 175 Å². The summed E-state index contributed by atoms with van der Waals surface area (Å²) in [5.41, 5.74) is 0. The van der Waals surface area contributed by atoms with E-state index >= 15 is 0 Å². The molecule has 1 fully saturated rings. The van der Waals surface area contributed by atoms with Gasteiger partial charge in [-0.15, -0.1) is 0 Å². The van der Waals surface area contributed by atoms with Gasteiger partial charge >= 0.3 is 23.9 Å². The summed E-state index contributed by atoms with van der Waals surface area (Å²) >= 11 is 0. The normalized spacial score (nSPS) is 18.7. The fourth-order valence-corrected chi connectivity index (χ4v) is 8.69. The largest absolute Gasteiger partial charge is 0.479 e. The summed E-state index contributed by atoms with van der Waals surface area (Å²) in [5.74, 6) is -3.12. The Bertz CT molecular complexity index is 1380. The van der Waals surface area contributed by atoms with Gasteiger partial charge in [-0.05, 0) is 77.0 Å². The molecule has 0 aliphatic carbocycles. The Balaban J connectivity index is 2.65. The third-order valence-electron chi connectivity index (χ3n) is 13.2. The Morgan fingerprint density at radius 3 is 1.32 bits per heavy atom. The average Bonchev–Trinajstić information content (AvgIpc) is 3.35. The predicted molar refractivity (Wildman–Crippen MR) is 285 cm³/mol. The number of hydrogen-bond acceptors (Lipinski definition) is 11. The van der Waals surface area contributed by atoms with E-state index < -0.39 is 67.3 Å². The van der Waals surface area contributed by atoms with E-state index in [1.54, 1.807) is 0 Å². The number of hydrogen-bond donors (Lipinski definition) is 3. The number of ether oxygens (including phenoxy) is 5. The van der Waals surface area contributed by atoms with Crippen LogP contribution in [0.25, 0.3) is 0 Å². The van der Waals surface area contributed by atoms with Crippen LogP contribution >= 0.6 is 0 Å². The molecule has 71 heavy (non-hydrogen) atoms. The van der Waals surface area contributed by atoms with E-state index in [4.69, 9.17) is 23.7 Å². The second-order valence-electron chi connectivity index (χ2n) is 19.9. The van der Waals surface area contributed by atoms with Crippen LogP contribution in [0.2, 0.25) is 0 Å². The van der Waals surface area contributed by atoms with Crippen molar-refractivity contribution in [2.75, 3.05) is 13.2 Å². The number of aliphatic carboxylic acids is 1. The SMILES string of the molecule is CCCCC/C=C\C/C=C\CCCCCCCCCCCC(=O)OCC(COC1OC(C(=O)O)C(O)C(O)C1OC(=O)CCCCCCCCCCC)OC(=O)CCCCCCC/C=C\CCCCCC. The molecule has 0 aromatic heterocycles. The first kappa shape index (κ1) is 66.0. The van der Waals surface area contributed by atoms with Gasteiger partial charge in [0.05, 0.1) is 6.61 Å². The number of unbranched alkanes of at least 4 members (excludes halogenated alkanes) is 29. The first-order chi connectivity index (χ1) is 34.6. The highest BCUT2D eigenvalue weighted by atomic mass is 16.7.